The first-order chi connectivity index (χ1) is 12.1. The quantitative estimate of drug-likeness (QED) is 0.407. The zero-order valence-electron chi connectivity index (χ0n) is 13.4. The number of hydrogen-bond acceptors (Lipinski definition) is 6. The highest BCUT2D eigenvalue weighted by molar-refractivity contribution is 7.87. The highest BCUT2D eigenvalue weighted by Crippen LogP contribution is 2.26. The molecule has 0 fully saturated rings. The lowest BCUT2D eigenvalue weighted by molar-refractivity contribution is 0.0690. The van der Waals surface area contributed by atoms with Gasteiger partial charge in [0.25, 0.3) is 5.91 Å². The van der Waals surface area contributed by atoms with Gasteiger partial charge in [0.05, 0.1) is 12.7 Å². The van der Waals surface area contributed by atoms with Crippen molar-refractivity contribution in [2.24, 2.45) is 5.14 Å². The lowest BCUT2D eigenvalue weighted by atomic mass is 10.0. The molecular weight excluding hydrogens is 366 g/mol. The standard InChI is InChI=1S/C15H17N3O7S/c16-26(24,25)18-5-4-12(13(18)15(22)23)9-2-1-3-10(6-9)14(21)17-7-11(20)8-19/h1-6,11,19-20H,7-8H2,(H,17,21)(H,22,23)(H2,16,24,25)/t11-/m1/s1. The molecule has 0 bridgehead atoms. The van der Waals surface area contributed by atoms with Crippen LogP contribution in [0.1, 0.15) is 20.8 Å². The molecule has 2 aromatic rings. The number of hydrogen-bond donors (Lipinski definition) is 5. The number of carboxylic acid groups (broad SMARTS) is 1. The zero-order chi connectivity index (χ0) is 19.5. The minimum absolute atomic E-state index is 0.0663. The second-order valence-electron chi connectivity index (χ2n) is 5.35. The normalized spacial score (nSPS) is 12.6. The van der Waals surface area contributed by atoms with E-state index in [1.807, 2.05) is 0 Å². The summed E-state index contributed by atoms with van der Waals surface area (Å²) in [4.78, 5) is 23.6. The number of nitrogens with one attached hydrogen (secondary N) is 1. The monoisotopic (exact) mass is 383 g/mol. The Bertz CT molecular complexity index is 936. The number of nitrogens with zero attached hydrogens (tertiary/aromatic N) is 1. The van der Waals surface area contributed by atoms with E-state index in [0.29, 0.717) is 9.54 Å². The Hall–Kier alpha value is -2.73. The van der Waals surface area contributed by atoms with Crippen LogP contribution in [-0.4, -0.2) is 58.8 Å². The van der Waals surface area contributed by atoms with Gasteiger partial charge in [0.15, 0.2) is 5.69 Å². The second kappa shape index (κ2) is 7.66. The molecule has 1 aromatic heterocycles. The number of aromatic nitrogens is 1. The smallest absolute Gasteiger partial charge is 0.354 e. The van der Waals surface area contributed by atoms with E-state index < -0.39 is 40.5 Å². The van der Waals surface area contributed by atoms with E-state index in [1.54, 1.807) is 0 Å². The van der Waals surface area contributed by atoms with Crippen LogP contribution in [0.5, 0.6) is 0 Å². The molecule has 0 radical (unpaired) electrons. The highest BCUT2D eigenvalue weighted by Gasteiger charge is 2.23. The number of aliphatic hydroxyl groups excluding tert-OH is 2. The van der Waals surface area contributed by atoms with Crippen molar-refractivity contribution in [1.29, 1.82) is 0 Å². The molecule has 0 aliphatic carbocycles. The van der Waals surface area contributed by atoms with Crippen molar-refractivity contribution in [3.63, 3.8) is 0 Å². The third kappa shape index (κ3) is 4.26. The molecular formula is C15H17N3O7S. The van der Waals surface area contributed by atoms with Crippen LogP contribution in [-0.2, 0) is 10.2 Å². The number of aromatic carboxylic acids is 1. The molecule has 0 unspecified atom stereocenters. The van der Waals surface area contributed by atoms with Crippen molar-refractivity contribution in [2.75, 3.05) is 13.2 Å². The first-order valence-electron chi connectivity index (χ1n) is 7.30. The SMILES string of the molecule is NS(=O)(=O)n1ccc(-c2cccc(C(=O)NC[C@@H](O)CO)c2)c1C(=O)O. The number of carbonyl (C=O) groups is 2. The third-order valence-electron chi connectivity index (χ3n) is 3.47. The Morgan fingerprint density at radius 3 is 2.54 bits per heavy atom. The van der Waals surface area contributed by atoms with E-state index in [-0.39, 0.29) is 17.7 Å². The zero-order valence-corrected chi connectivity index (χ0v) is 14.2. The molecule has 0 aliphatic rings. The predicted molar refractivity (Wildman–Crippen MR) is 90.8 cm³/mol. The molecule has 0 aliphatic heterocycles. The second-order valence-corrected chi connectivity index (χ2v) is 6.77. The van der Waals surface area contributed by atoms with E-state index in [0.717, 1.165) is 6.20 Å². The van der Waals surface area contributed by atoms with E-state index in [9.17, 15) is 28.2 Å². The predicted octanol–water partition coefficient (Wildman–Crippen LogP) is -1.01. The summed E-state index contributed by atoms with van der Waals surface area (Å²) in [6.45, 7) is -0.675. The fourth-order valence-corrected chi connectivity index (χ4v) is 2.94. The molecule has 0 saturated heterocycles. The van der Waals surface area contributed by atoms with Crippen molar-refractivity contribution in [1.82, 2.24) is 9.29 Å². The average molecular weight is 383 g/mol. The van der Waals surface area contributed by atoms with E-state index >= 15 is 0 Å². The molecule has 0 spiro atoms. The van der Waals surface area contributed by atoms with Gasteiger partial charge in [-0.1, -0.05) is 12.1 Å². The summed E-state index contributed by atoms with van der Waals surface area (Å²) in [5.41, 5.74) is -0.0372. The summed E-state index contributed by atoms with van der Waals surface area (Å²) < 4.78 is 23.5. The molecule has 11 heteroatoms. The Balaban J connectivity index is 2.41. The average Bonchev–Trinajstić information content (AvgIpc) is 3.05. The maximum Gasteiger partial charge on any atom is 0.354 e. The maximum atomic E-state index is 12.1. The summed E-state index contributed by atoms with van der Waals surface area (Å²) in [6.07, 6.45) is -0.0945. The minimum Gasteiger partial charge on any atom is -0.477 e. The lowest BCUT2D eigenvalue weighted by Gasteiger charge is -2.10. The summed E-state index contributed by atoms with van der Waals surface area (Å²) in [6, 6.07) is 7.10. The fraction of sp³-hybridized carbons (Fsp3) is 0.200. The van der Waals surface area contributed by atoms with Gasteiger partial charge in [0, 0.05) is 23.9 Å². The van der Waals surface area contributed by atoms with Crippen LogP contribution in [0.15, 0.2) is 36.5 Å². The summed E-state index contributed by atoms with van der Waals surface area (Å²) in [5.74, 6) is -2.05. The molecule has 140 valence electrons. The van der Waals surface area contributed by atoms with Crippen LogP contribution in [0.25, 0.3) is 11.1 Å². The van der Waals surface area contributed by atoms with Gasteiger partial charge in [-0.15, -0.1) is 0 Å². The van der Waals surface area contributed by atoms with Crippen molar-refractivity contribution in [2.45, 2.75) is 6.10 Å². The number of benzene rings is 1. The van der Waals surface area contributed by atoms with Gasteiger partial charge in [-0.3, -0.25) is 4.79 Å². The molecule has 6 N–H and O–H groups in total. The Morgan fingerprint density at radius 1 is 1.27 bits per heavy atom. The summed E-state index contributed by atoms with van der Waals surface area (Å²) >= 11 is 0. The Morgan fingerprint density at radius 2 is 1.96 bits per heavy atom. The number of amides is 1. The number of carboxylic acids is 1. The van der Waals surface area contributed by atoms with E-state index in [1.165, 1.54) is 30.3 Å². The van der Waals surface area contributed by atoms with E-state index in [4.69, 9.17) is 10.2 Å². The maximum absolute atomic E-state index is 12.1. The van der Waals surface area contributed by atoms with Gasteiger partial charge in [0.1, 0.15) is 0 Å². The molecule has 0 saturated carbocycles. The van der Waals surface area contributed by atoms with Gasteiger partial charge < -0.3 is 20.6 Å². The molecule has 1 aromatic carbocycles. The Kier molecular flexibility index (Phi) is 5.77. The molecule has 2 rings (SSSR count). The number of carbonyl (C=O) groups excluding carboxylic acids is 1. The van der Waals surface area contributed by atoms with Gasteiger partial charge >= 0.3 is 16.2 Å². The molecule has 26 heavy (non-hydrogen) atoms. The van der Waals surface area contributed by atoms with Crippen LogP contribution in [0.3, 0.4) is 0 Å². The molecule has 10 nitrogen and oxygen atoms in total. The largest absolute Gasteiger partial charge is 0.477 e. The van der Waals surface area contributed by atoms with Gasteiger partial charge in [-0.05, 0) is 23.8 Å². The third-order valence-corrected chi connectivity index (χ3v) is 4.33. The number of aliphatic hydroxyl groups is 2. The van der Waals surface area contributed by atoms with Crippen LogP contribution >= 0.6 is 0 Å². The van der Waals surface area contributed by atoms with Crippen LogP contribution < -0.4 is 10.5 Å². The van der Waals surface area contributed by atoms with Crippen molar-refractivity contribution < 1.29 is 33.3 Å². The molecule has 1 amide bonds. The number of nitrogens with two attached hydrogens (primary N) is 1. The van der Waals surface area contributed by atoms with Crippen molar-refractivity contribution in [3.8, 4) is 11.1 Å². The fourth-order valence-electron chi connectivity index (χ4n) is 2.27. The first kappa shape index (κ1) is 19.6. The molecule has 1 heterocycles. The highest BCUT2D eigenvalue weighted by atomic mass is 32.2. The van der Waals surface area contributed by atoms with Gasteiger partial charge in [-0.2, -0.15) is 8.42 Å². The summed E-state index contributed by atoms with van der Waals surface area (Å²) in [7, 11) is -4.31. The summed E-state index contributed by atoms with van der Waals surface area (Å²) in [5, 5.41) is 34.8. The van der Waals surface area contributed by atoms with Crippen LogP contribution in [0, 0.1) is 0 Å². The molecule has 1 atom stereocenters. The Labute approximate surface area is 148 Å². The van der Waals surface area contributed by atoms with Crippen LogP contribution in [0.4, 0.5) is 0 Å². The van der Waals surface area contributed by atoms with Crippen LogP contribution in [0.2, 0.25) is 0 Å². The van der Waals surface area contributed by atoms with Gasteiger partial charge in [-0.25, -0.2) is 13.9 Å². The van der Waals surface area contributed by atoms with Crippen molar-refractivity contribution in [3.05, 3.63) is 47.8 Å². The van der Waals surface area contributed by atoms with E-state index in [2.05, 4.69) is 5.32 Å². The lowest BCUT2D eigenvalue weighted by Crippen LogP contribution is -2.33. The topological polar surface area (TPSA) is 172 Å². The minimum atomic E-state index is -4.31. The van der Waals surface area contributed by atoms with Crippen molar-refractivity contribution >= 4 is 22.1 Å². The van der Waals surface area contributed by atoms with Gasteiger partial charge in [0.2, 0.25) is 0 Å². The first-order valence-corrected chi connectivity index (χ1v) is 8.81. The number of rotatable bonds is 7.